The van der Waals surface area contributed by atoms with E-state index in [9.17, 15) is 4.79 Å². The first-order valence-corrected chi connectivity index (χ1v) is 12.3. The molecule has 6 nitrogen and oxygen atoms in total. The summed E-state index contributed by atoms with van der Waals surface area (Å²) in [4.78, 5) is 14.9. The monoisotopic (exact) mass is 450 g/mol. The fourth-order valence-corrected chi connectivity index (χ4v) is 5.25. The van der Waals surface area contributed by atoms with Crippen LogP contribution in [0.5, 0.6) is 17.2 Å². The molecular weight excluding hydrogens is 416 g/mol. The fraction of sp³-hybridized carbons (Fsp3) is 0.519. The van der Waals surface area contributed by atoms with Gasteiger partial charge in [0.15, 0.2) is 18.1 Å². The van der Waals surface area contributed by atoms with Crippen LogP contribution < -0.4 is 19.5 Å². The summed E-state index contributed by atoms with van der Waals surface area (Å²) in [7, 11) is 0. The molecule has 2 aliphatic heterocycles. The van der Waals surface area contributed by atoms with Crippen molar-refractivity contribution in [3.63, 3.8) is 0 Å². The largest absolute Gasteiger partial charge is 0.483 e. The minimum atomic E-state index is -0.0284. The zero-order valence-electron chi connectivity index (χ0n) is 19.5. The van der Waals surface area contributed by atoms with Crippen LogP contribution in [-0.4, -0.2) is 43.3 Å². The average Bonchev–Trinajstić information content (AvgIpc) is 3.49. The first kappa shape index (κ1) is 22.1. The second-order valence-electron chi connectivity index (χ2n) is 9.71. The molecule has 1 amide bonds. The lowest BCUT2D eigenvalue weighted by Crippen LogP contribution is -2.36. The third-order valence-electron chi connectivity index (χ3n) is 6.98. The molecule has 1 saturated carbocycles. The van der Waals surface area contributed by atoms with Crippen LogP contribution in [0.25, 0.3) is 11.1 Å². The van der Waals surface area contributed by atoms with Gasteiger partial charge < -0.3 is 19.5 Å². The molecule has 2 fully saturated rings. The van der Waals surface area contributed by atoms with Gasteiger partial charge in [-0.2, -0.15) is 0 Å². The maximum Gasteiger partial charge on any atom is 0.258 e. The van der Waals surface area contributed by atoms with Gasteiger partial charge >= 0.3 is 0 Å². The number of piperidine rings is 1. The number of rotatable bonds is 7. The van der Waals surface area contributed by atoms with E-state index in [0.717, 1.165) is 66.4 Å². The van der Waals surface area contributed by atoms with E-state index in [1.54, 1.807) is 0 Å². The Hall–Kier alpha value is -2.73. The van der Waals surface area contributed by atoms with Crippen LogP contribution in [0.3, 0.4) is 0 Å². The molecule has 1 aliphatic carbocycles. The third-order valence-corrected chi connectivity index (χ3v) is 6.98. The molecule has 176 valence electrons. The van der Waals surface area contributed by atoms with Gasteiger partial charge in [-0.25, -0.2) is 0 Å². The molecular formula is C27H34N2O4. The molecule has 1 saturated heterocycles. The average molecular weight is 451 g/mol. The number of hydrogen-bond acceptors (Lipinski definition) is 5. The molecule has 1 N–H and O–H groups in total. The zero-order valence-corrected chi connectivity index (χ0v) is 19.5. The third kappa shape index (κ3) is 5.44. The van der Waals surface area contributed by atoms with Crippen molar-refractivity contribution in [2.24, 2.45) is 5.92 Å². The molecule has 0 aromatic heterocycles. The van der Waals surface area contributed by atoms with Gasteiger partial charge in [-0.15, -0.1) is 0 Å². The Morgan fingerprint density at radius 2 is 1.82 bits per heavy atom. The van der Waals surface area contributed by atoms with E-state index in [-0.39, 0.29) is 19.3 Å². The maximum atomic E-state index is 12.4. The molecule has 3 aliphatic rings. The summed E-state index contributed by atoms with van der Waals surface area (Å²) >= 11 is 0. The summed E-state index contributed by atoms with van der Waals surface area (Å²) in [5.41, 5.74) is 3.31. The number of carbonyl (C=O) groups excluding carboxylic acids is 1. The van der Waals surface area contributed by atoms with Crippen molar-refractivity contribution in [3.05, 3.63) is 42.0 Å². The lowest BCUT2D eigenvalue weighted by atomic mass is 9.98. The zero-order chi connectivity index (χ0) is 22.6. The Morgan fingerprint density at radius 3 is 2.67 bits per heavy atom. The number of ether oxygens (including phenoxy) is 3. The molecule has 2 heterocycles. The lowest BCUT2D eigenvalue weighted by Gasteiger charge is -2.31. The van der Waals surface area contributed by atoms with Gasteiger partial charge in [0.1, 0.15) is 5.75 Å². The van der Waals surface area contributed by atoms with Crippen molar-refractivity contribution in [2.75, 3.05) is 26.5 Å². The number of nitrogens with zero attached hydrogens (tertiary/aromatic N) is 1. The molecule has 0 bridgehead atoms. The summed E-state index contributed by atoms with van der Waals surface area (Å²) in [5.74, 6) is 3.04. The smallest absolute Gasteiger partial charge is 0.258 e. The Bertz CT molecular complexity index is 986. The number of amides is 1. The summed E-state index contributed by atoms with van der Waals surface area (Å²) in [5, 5.41) is 3.12. The van der Waals surface area contributed by atoms with E-state index in [2.05, 4.69) is 35.3 Å². The highest BCUT2D eigenvalue weighted by atomic mass is 16.7. The van der Waals surface area contributed by atoms with Crippen LogP contribution in [0.1, 0.15) is 51.0 Å². The first-order chi connectivity index (χ1) is 16.1. The van der Waals surface area contributed by atoms with Gasteiger partial charge in [-0.05, 0) is 73.5 Å². The van der Waals surface area contributed by atoms with Crippen LogP contribution >= 0.6 is 0 Å². The van der Waals surface area contributed by atoms with Gasteiger partial charge in [0.05, 0.1) is 0 Å². The van der Waals surface area contributed by atoms with Gasteiger partial charge in [0, 0.05) is 24.7 Å². The van der Waals surface area contributed by atoms with Gasteiger partial charge in [-0.1, -0.05) is 31.9 Å². The number of carbonyl (C=O) groups is 1. The first-order valence-electron chi connectivity index (χ1n) is 12.3. The molecule has 6 heteroatoms. The number of nitrogens with one attached hydrogen (secondary N) is 1. The van der Waals surface area contributed by atoms with Gasteiger partial charge in [0.2, 0.25) is 6.79 Å². The quantitative estimate of drug-likeness (QED) is 0.660. The van der Waals surface area contributed by atoms with Crippen LogP contribution in [0.2, 0.25) is 0 Å². The number of benzene rings is 2. The van der Waals surface area contributed by atoms with Crippen LogP contribution in [0, 0.1) is 5.92 Å². The van der Waals surface area contributed by atoms with E-state index in [0.29, 0.717) is 12.0 Å². The lowest BCUT2D eigenvalue weighted by molar-refractivity contribution is -0.123. The molecule has 1 atom stereocenters. The second kappa shape index (κ2) is 10.0. The predicted molar refractivity (Wildman–Crippen MR) is 128 cm³/mol. The van der Waals surface area contributed by atoms with Gasteiger partial charge in [0.25, 0.3) is 5.91 Å². The molecule has 2 aromatic carbocycles. The molecule has 2 aromatic rings. The molecule has 33 heavy (non-hydrogen) atoms. The van der Waals surface area contributed by atoms with E-state index in [4.69, 9.17) is 14.2 Å². The maximum absolute atomic E-state index is 12.4. The summed E-state index contributed by atoms with van der Waals surface area (Å²) in [6, 6.07) is 12.6. The number of fused-ring (bicyclic) bond motifs is 1. The second-order valence-corrected chi connectivity index (χ2v) is 9.71. The Kier molecular flexibility index (Phi) is 6.72. The fourth-order valence-electron chi connectivity index (χ4n) is 5.25. The Morgan fingerprint density at radius 1 is 1.03 bits per heavy atom. The van der Waals surface area contributed by atoms with E-state index in [1.807, 2.05) is 18.2 Å². The normalized spacial score (nSPS) is 20.7. The highest BCUT2D eigenvalue weighted by molar-refractivity contribution is 5.78. The Balaban J connectivity index is 1.34. The standard InChI is InChI=1S/C27H34N2O4/c1-19-5-4-12-29(15-19)16-22-13-20(21-9-11-25-26(14-21)33-18-32-25)8-10-24(22)31-17-27(30)28-23-6-2-3-7-23/h8-11,13-14,19,23H,2-7,12,15-18H2,1H3,(H,28,30)/t19-/m1/s1. The van der Waals surface area contributed by atoms with Crippen molar-refractivity contribution < 1.29 is 19.0 Å². The Labute approximate surface area is 196 Å². The van der Waals surface area contributed by atoms with Crippen molar-refractivity contribution >= 4 is 5.91 Å². The highest BCUT2D eigenvalue weighted by Crippen LogP contribution is 2.37. The topological polar surface area (TPSA) is 60.0 Å². The summed E-state index contributed by atoms with van der Waals surface area (Å²) in [6.45, 7) is 5.66. The van der Waals surface area contributed by atoms with E-state index < -0.39 is 0 Å². The van der Waals surface area contributed by atoms with Crippen molar-refractivity contribution in [2.45, 2.75) is 58.0 Å². The molecule has 0 spiro atoms. The number of likely N-dealkylation sites (tertiary alicyclic amines) is 1. The highest BCUT2D eigenvalue weighted by Gasteiger charge is 2.21. The van der Waals surface area contributed by atoms with Crippen molar-refractivity contribution in [3.8, 4) is 28.4 Å². The SMILES string of the molecule is C[C@@H]1CCCN(Cc2cc(-c3ccc4c(c3)OCO4)ccc2OCC(=O)NC2CCCC2)C1. The van der Waals surface area contributed by atoms with E-state index >= 15 is 0 Å². The van der Waals surface area contributed by atoms with Crippen LogP contribution in [0.15, 0.2) is 36.4 Å². The summed E-state index contributed by atoms with van der Waals surface area (Å²) < 4.78 is 17.1. The molecule has 5 rings (SSSR count). The van der Waals surface area contributed by atoms with Crippen molar-refractivity contribution in [1.82, 2.24) is 10.2 Å². The predicted octanol–water partition coefficient (Wildman–Crippen LogP) is 4.75. The van der Waals surface area contributed by atoms with E-state index in [1.165, 1.54) is 25.7 Å². The molecule has 0 radical (unpaired) electrons. The van der Waals surface area contributed by atoms with Crippen molar-refractivity contribution in [1.29, 1.82) is 0 Å². The number of hydrogen-bond donors (Lipinski definition) is 1. The minimum Gasteiger partial charge on any atom is -0.483 e. The van der Waals surface area contributed by atoms with Crippen LogP contribution in [-0.2, 0) is 11.3 Å². The van der Waals surface area contributed by atoms with Crippen LogP contribution in [0.4, 0.5) is 0 Å². The summed E-state index contributed by atoms with van der Waals surface area (Å²) in [6.07, 6.45) is 7.07. The molecule has 0 unspecified atom stereocenters. The van der Waals surface area contributed by atoms with Gasteiger partial charge in [-0.3, -0.25) is 9.69 Å². The minimum absolute atomic E-state index is 0.0284.